The van der Waals surface area contributed by atoms with Crippen molar-refractivity contribution in [1.82, 2.24) is 19.3 Å². The van der Waals surface area contributed by atoms with E-state index in [1.54, 1.807) is 35.0 Å². The highest BCUT2D eigenvalue weighted by atomic mass is 35.5. The van der Waals surface area contributed by atoms with Gasteiger partial charge in [-0.3, -0.25) is 23.8 Å². The minimum Gasteiger partial charge on any atom is -0.323 e. The quantitative estimate of drug-likeness (QED) is 0.231. The number of hydrogen-bond donors (Lipinski definition) is 1. The molecule has 0 bridgehead atoms. The number of para-hydroxylation sites is 1. The molecule has 5 aromatic rings. The number of nitrogens with one attached hydrogen (secondary N) is 1. The Kier molecular flexibility index (Phi) is 6.10. The number of carbonyl (C=O) groups excluding carboxylic acids is 1. The molecule has 3 aromatic heterocycles. The van der Waals surface area contributed by atoms with Crippen molar-refractivity contribution >= 4 is 34.1 Å². The van der Waals surface area contributed by atoms with Crippen molar-refractivity contribution in [3.8, 4) is 16.9 Å². The molecule has 2 aliphatic rings. The van der Waals surface area contributed by atoms with Crippen molar-refractivity contribution in [3.63, 3.8) is 0 Å². The second kappa shape index (κ2) is 9.63. The molecular weight excluding hydrogens is 553 g/mol. The minimum atomic E-state index is -0.569. The number of benzene rings is 2. The molecule has 2 saturated carbocycles. The predicted octanol–water partition coefficient (Wildman–Crippen LogP) is 7.13. The van der Waals surface area contributed by atoms with Crippen molar-refractivity contribution in [2.75, 3.05) is 5.32 Å². The SMILES string of the molecule is Cc1cnc(-c2cccc(NC(=O)C3(C)CC3)c2F)cc1-n1c(C)cc(C2CC2n2ncc3ccccc32)c(Cl)c1=O. The summed E-state index contributed by atoms with van der Waals surface area (Å²) in [6.07, 6.45) is 5.91. The summed E-state index contributed by atoms with van der Waals surface area (Å²) >= 11 is 6.77. The summed E-state index contributed by atoms with van der Waals surface area (Å²) in [6.45, 7) is 5.59. The highest BCUT2D eigenvalue weighted by Crippen LogP contribution is 2.53. The maximum absolute atomic E-state index is 15.6. The van der Waals surface area contributed by atoms with Crippen molar-refractivity contribution in [3.05, 3.63) is 105 Å². The van der Waals surface area contributed by atoms with Crippen LogP contribution in [0.5, 0.6) is 0 Å². The summed E-state index contributed by atoms with van der Waals surface area (Å²) in [4.78, 5) is 30.8. The number of aryl methyl sites for hydroxylation is 2. The zero-order valence-electron chi connectivity index (χ0n) is 23.5. The van der Waals surface area contributed by atoms with Crippen LogP contribution in [0.25, 0.3) is 27.8 Å². The highest BCUT2D eigenvalue weighted by Gasteiger charge is 2.45. The lowest BCUT2D eigenvalue weighted by Crippen LogP contribution is -2.23. The fraction of sp³-hybridized carbons (Fsp3) is 0.273. The van der Waals surface area contributed by atoms with Crippen molar-refractivity contribution in [2.45, 2.75) is 52.0 Å². The Hall–Kier alpha value is -4.30. The van der Waals surface area contributed by atoms with Gasteiger partial charge in [0.25, 0.3) is 5.56 Å². The van der Waals surface area contributed by atoms with E-state index in [1.165, 1.54) is 0 Å². The number of nitrogens with zero attached hydrogens (tertiary/aromatic N) is 4. The molecule has 0 saturated heterocycles. The van der Waals surface area contributed by atoms with Gasteiger partial charge >= 0.3 is 0 Å². The smallest absolute Gasteiger partial charge is 0.274 e. The molecule has 0 aliphatic heterocycles. The Morgan fingerprint density at radius 1 is 1.10 bits per heavy atom. The molecule has 2 atom stereocenters. The van der Waals surface area contributed by atoms with Crippen molar-refractivity contribution in [2.24, 2.45) is 5.41 Å². The molecule has 1 amide bonds. The molecule has 7 nitrogen and oxygen atoms in total. The van der Waals surface area contributed by atoms with E-state index in [4.69, 9.17) is 11.6 Å². The second-order valence-corrected chi connectivity index (χ2v) is 12.2. The molecular formula is C33H29ClFN5O2. The van der Waals surface area contributed by atoms with Gasteiger partial charge < -0.3 is 5.32 Å². The molecule has 0 radical (unpaired) electrons. The van der Waals surface area contributed by atoms with Gasteiger partial charge in [0.2, 0.25) is 5.91 Å². The molecule has 212 valence electrons. The third-order valence-corrected chi connectivity index (χ3v) is 9.10. The van der Waals surface area contributed by atoms with Gasteiger partial charge in [-0.15, -0.1) is 0 Å². The number of pyridine rings is 2. The van der Waals surface area contributed by atoms with Crippen LogP contribution in [-0.4, -0.2) is 25.2 Å². The van der Waals surface area contributed by atoms with Crippen molar-refractivity contribution in [1.29, 1.82) is 0 Å². The number of amides is 1. The van der Waals surface area contributed by atoms with E-state index in [1.807, 2.05) is 62.0 Å². The molecule has 3 heterocycles. The van der Waals surface area contributed by atoms with E-state index < -0.39 is 11.2 Å². The van der Waals surface area contributed by atoms with E-state index >= 15 is 4.39 Å². The average molecular weight is 582 g/mol. The molecule has 9 heteroatoms. The maximum Gasteiger partial charge on any atom is 0.274 e. The van der Waals surface area contributed by atoms with Gasteiger partial charge in [-0.2, -0.15) is 5.10 Å². The van der Waals surface area contributed by atoms with E-state index in [0.29, 0.717) is 11.4 Å². The minimum absolute atomic E-state index is 0.0842. The topological polar surface area (TPSA) is 81.8 Å². The number of rotatable bonds is 6. The van der Waals surface area contributed by atoms with Crippen LogP contribution in [0.15, 0.2) is 71.8 Å². The van der Waals surface area contributed by atoms with Crippen LogP contribution in [0, 0.1) is 25.1 Å². The lowest BCUT2D eigenvalue weighted by atomic mass is 10.1. The first kappa shape index (κ1) is 26.6. The summed E-state index contributed by atoms with van der Waals surface area (Å²) in [6, 6.07) is 16.7. The lowest BCUT2D eigenvalue weighted by molar-refractivity contribution is -0.120. The number of anilines is 1. The van der Waals surface area contributed by atoms with Gasteiger partial charge in [0.05, 0.1) is 34.8 Å². The summed E-state index contributed by atoms with van der Waals surface area (Å²) in [5.74, 6) is -0.673. The molecule has 7 rings (SSSR count). The van der Waals surface area contributed by atoms with E-state index in [2.05, 4.69) is 15.4 Å². The normalized spacial score (nSPS) is 18.7. The van der Waals surface area contributed by atoms with E-state index in [0.717, 1.165) is 47.0 Å². The highest BCUT2D eigenvalue weighted by molar-refractivity contribution is 6.31. The number of carbonyl (C=O) groups is 1. The summed E-state index contributed by atoms with van der Waals surface area (Å²) in [5.41, 5.74) is 3.82. The Labute approximate surface area is 247 Å². The zero-order chi connectivity index (χ0) is 29.3. The van der Waals surface area contributed by atoms with Crippen LogP contribution in [-0.2, 0) is 4.79 Å². The molecule has 2 aromatic carbocycles. The molecule has 42 heavy (non-hydrogen) atoms. The Balaban J connectivity index is 1.23. The summed E-state index contributed by atoms with van der Waals surface area (Å²) in [7, 11) is 0. The Bertz CT molecular complexity index is 1980. The molecule has 2 unspecified atom stereocenters. The summed E-state index contributed by atoms with van der Waals surface area (Å²) in [5, 5.41) is 8.58. The van der Waals surface area contributed by atoms with Crippen molar-refractivity contribution < 1.29 is 9.18 Å². The zero-order valence-corrected chi connectivity index (χ0v) is 24.2. The van der Waals surface area contributed by atoms with Gasteiger partial charge in [0, 0.05) is 34.2 Å². The summed E-state index contributed by atoms with van der Waals surface area (Å²) < 4.78 is 19.2. The Morgan fingerprint density at radius 2 is 1.88 bits per heavy atom. The number of halogens is 2. The number of fused-ring (bicyclic) bond motifs is 1. The van der Waals surface area contributed by atoms with Crippen LogP contribution >= 0.6 is 11.6 Å². The van der Waals surface area contributed by atoms with Crippen LogP contribution in [0.2, 0.25) is 5.02 Å². The van der Waals surface area contributed by atoms with Gasteiger partial charge in [0.1, 0.15) is 5.02 Å². The standard InChI is InChI=1S/C33H29ClFN5O2/c1-18-16-36-25(21-8-6-9-24(30(21)35)38-32(42)33(3)11-12-33)15-27(18)39-19(2)13-23(29(34)31(39)41)22-14-28(22)40-26-10-5-4-7-20(26)17-37-40/h4-10,13,15-17,22,28H,11-12,14H2,1-3H3,(H,38,42). The number of hydrogen-bond acceptors (Lipinski definition) is 4. The van der Waals surface area contributed by atoms with Gasteiger partial charge in [-0.1, -0.05) is 42.8 Å². The maximum atomic E-state index is 15.6. The monoisotopic (exact) mass is 581 g/mol. The number of aromatic nitrogens is 4. The first-order valence-electron chi connectivity index (χ1n) is 14.1. The molecule has 1 N–H and O–H groups in total. The van der Waals surface area contributed by atoms with E-state index in [-0.39, 0.29) is 39.7 Å². The van der Waals surface area contributed by atoms with Crippen LogP contribution in [0.3, 0.4) is 0 Å². The first-order chi connectivity index (χ1) is 20.2. The van der Waals surface area contributed by atoms with Gasteiger partial charge in [-0.25, -0.2) is 4.39 Å². The van der Waals surface area contributed by atoms with Crippen LogP contribution < -0.4 is 10.9 Å². The fourth-order valence-corrected chi connectivity index (χ4v) is 6.04. The molecule has 0 spiro atoms. The van der Waals surface area contributed by atoms with E-state index in [9.17, 15) is 9.59 Å². The largest absolute Gasteiger partial charge is 0.323 e. The predicted molar refractivity (Wildman–Crippen MR) is 162 cm³/mol. The fourth-order valence-electron chi connectivity index (χ4n) is 5.76. The van der Waals surface area contributed by atoms with Crippen LogP contribution in [0.1, 0.15) is 55.0 Å². The molecule has 2 fully saturated rings. The second-order valence-electron chi connectivity index (χ2n) is 11.8. The Morgan fingerprint density at radius 3 is 2.67 bits per heavy atom. The lowest BCUT2D eigenvalue weighted by Gasteiger charge is -2.17. The van der Waals surface area contributed by atoms with Gasteiger partial charge in [0.15, 0.2) is 5.82 Å². The first-order valence-corrected chi connectivity index (χ1v) is 14.5. The van der Waals surface area contributed by atoms with Gasteiger partial charge in [-0.05, 0) is 74.6 Å². The average Bonchev–Trinajstić information content (AvgIpc) is 3.89. The third kappa shape index (κ3) is 4.32. The van der Waals surface area contributed by atoms with Crippen LogP contribution in [0.4, 0.5) is 10.1 Å². The third-order valence-electron chi connectivity index (χ3n) is 8.72. The molecule has 2 aliphatic carbocycles.